The first-order valence-corrected chi connectivity index (χ1v) is 8.78. The minimum atomic E-state index is -0.281. The number of urea groups is 1. The summed E-state index contributed by atoms with van der Waals surface area (Å²) in [5.41, 5.74) is 1.72. The Kier molecular flexibility index (Phi) is 5.90. The van der Waals surface area contributed by atoms with Crippen LogP contribution in [0.4, 0.5) is 14.9 Å². The molecule has 27 heavy (non-hydrogen) atoms. The summed E-state index contributed by atoms with van der Waals surface area (Å²) in [4.78, 5) is 27.8. The van der Waals surface area contributed by atoms with Crippen molar-refractivity contribution in [3.63, 3.8) is 0 Å². The van der Waals surface area contributed by atoms with Crippen molar-refractivity contribution < 1.29 is 18.7 Å². The molecule has 2 aromatic carbocycles. The average Bonchev–Trinajstić information content (AvgIpc) is 3.04. The molecule has 0 spiro atoms. The number of carbonyl (C=O) groups excluding carboxylic acids is 2. The van der Waals surface area contributed by atoms with Crippen LogP contribution in [0.15, 0.2) is 48.5 Å². The van der Waals surface area contributed by atoms with Crippen LogP contribution in [-0.2, 0) is 11.2 Å². The van der Waals surface area contributed by atoms with E-state index in [4.69, 9.17) is 4.74 Å². The van der Waals surface area contributed by atoms with Gasteiger partial charge in [-0.2, -0.15) is 0 Å². The van der Waals surface area contributed by atoms with Gasteiger partial charge in [-0.1, -0.05) is 12.1 Å². The minimum absolute atomic E-state index is 0.0227. The summed E-state index contributed by atoms with van der Waals surface area (Å²) in [5, 5.41) is 2.80. The lowest BCUT2D eigenvalue weighted by Crippen LogP contribution is -2.40. The van der Waals surface area contributed by atoms with Crippen LogP contribution in [-0.4, -0.2) is 50.1 Å². The van der Waals surface area contributed by atoms with Gasteiger partial charge in [-0.05, 0) is 48.4 Å². The van der Waals surface area contributed by atoms with Crippen molar-refractivity contribution in [1.82, 2.24) is 10.2 Å². The number of rotatable bonds is 7. The second-order valence-electron chi connectivity index (χ2n) is 6.28. The smallest absolute Gasteiger partial charge is 0.325 e. The Morgan fingerprint density at radius 2 is 1.81 bits per heavy atom. The highest BCUT2D eigenvalue weighted by atomic mass is 19.1. The van der Waals surface area contributed by atoms with E-state index in [2.05, 4.69) is 5.32 Å². The van der Waals surface area contributed by atoms with E-state index < -0.39 is 0 Å². The number of halogens is 1. The number of benzene rings is 2. The van der Waals surface area contributed by atoms with Crippen LogP contribution in [0.3, 0.4) is 0 Å². The zero-order valence-corrected chi connectivity index (χ0v) is 15.2. The molecule has 0 aromatic heterocycles. The third-order valence-corrected chi connectivity index (χ3v) is 4.46. The molecule has 6 nitrogen and oxygen atoms in total. The molecule has 1 heterocycles. The fourth-order valence-electron chi connectivity index (χ4n) is 2.96. The number of hydrogen-bond donors (Lipinski definition) is 1. The molecule has 1 aliphatic heterocycles. The largest absolute Gasteiger partial charge is 0.497 e. The molecule has 0 aliphatic carbocycles. The maximum atomic E-state index is 12.9. The lowest BCUT2D eigenvalue weighted by atomic mass is 10.1. The van der Waals surface area contributed by atoms with Crippen LogP contribution < -0.4 is 15.0 Å². The number of carbonyl (C=O) groups is 2. The van der Waals surface area contributed by atoms with Crippen molar-refractivity contribution in [2.45, 2.75) is 6.42 Å². The number of amides is 3. The molecule has 3 amide bonds. The predicted molar refractivity (Wildman–Crippen MR) is 100 cm³/mol. The van der Waals surface area contributed by atoms with Gasteiger partial charge < -0.3 is 15.0 Å². The summed E-state index contributed by atoms with van der Waals surface area (Å²) >= 11 is 0. The van der Waals surface area contributed by atoms with E-state index >= 15 is 0 Å². The van der Waals surface area contributed by atoms with Gasteiger partial charge in [0, 0.05) is 25.3 Å². The van der Waals surface area contributed by atoms with E-state index in [9.17, 15) is 14.0 Å². The van der Waals surface area contributed by atoms with E-state index in [1.165, 1.54) is 17.0 Å². The van der Waals surface area contributed by atoms with Gasteiger partial charge in [-0.25, -0.2) is 9.18 Å². The summed E-state index contributed by atoms with van der Waals surface area (Å²) in [6, 6.07) is 13.2. The Bertz CT molecular complexity index is 793. The van der Waals surface area contributed by atoms with E-state index in [0.717, 1.165) is 17.0 Å². The van der Waals surface area contributed by atoms with Gasteiger partial charge in [0.1, 0.15) is 18.1 Å². The van der Waals surface area contributed by atoms with Crippen molar-refractivity contribution in [3.8, 4) is 5.75 Å². The highest BCUT2D eigenvalue weighted by molar-refractivity contribution is 5.96. The van der Waals surface area contributed by atoms with Gasteiger partial charge in [-0.3, -0.25) is 9.69 Å². The van der Waals surface area contributed by atoms with E-state index in [1.54, 1.807) is 36.3 Å². The summed E-state index contributed by atoms with van der Waals surface area (Å²) in [7, 11) is 1.59. The minimum Gasteiger partial charge on any atom is -0.497 e. The Balaban J connectivity index is 1.46. The molecule has 2 aromatic rings. The molecule has 1 saturated heterocycles. The SMILES string of the molecule is COc1ccc(N2CCN(CC(=O)NCCc3ccc(F)cc3)C2=O)cc1. The van der Waals surface area contributed by atoms with Crippen LogP contribution in [0.2, 0.25) is 0 Å². The molecule has 7 heteroatoms. The number of nitrogens with one attached hydrogen (secondary N) is 1. The molecule has 142 valence electrons. The van der Waals surface area contributed by atoms with Crippen LogP contribution in [0.1, 0.15) is 5.56 Å². The third kappa shape index (κ3) is 4.75. The fourth-order valence-corrected chi connectivity index (χ4v) is 2.96. The van der Waals surface area contributed by atoms with Crippen molar-refractivity contribution >= 4 is 17.6 Å². The van der Waals surface area contributed by atoms with Crippen molar-refractivity contribution in [1.29, 1.82) is 0 Å². The Labute approximate surface area is 157 Å². The van der Waals surface area contributed by atoms with E-state index in [0.29, 0.717) is 26.1 Å². The first-order valence-electron chi connectivity index (χ1n) is 8.78. The lowest BCUT2D eigenvalue weighted by Gasteiger charge is -2.18. The average molecular weight is 371 g/mol. The number of anilines is 1. The molecule has 3 rings (SSSR count). The molecule has 1 fully saturated rings. The molecule has 0 radical (unpaired) electrons. The second kappa shape index (κ2) is 8.53. The van der Waals surface area contributed by atoms with Crippen LogP contribution in [0.25, 0.3) is 0 Å². The first kappa shape index (κ1) is 18.7. The Morgan fingerprint density at radius 1 is 1.11 bits per heavy atom. The second-order valence-corrected chi connectivity index (χ2v) is 6.28. The molecule has 0 saturated carbocycles. The predicted octanol–water partition coefficient (Wildman–Crippen LogP) is 2.44. The van der Waals surface area contributed by atoms with Gasteiger partial charge in [0.2, 0.25) is 5.91 Å². The quantitative estimate of drug-likeness (QED) is 0.813. The fraction of sp³-hybridized carbons (Fsp3) is 0.300. The summed E-state index contributed by atoms with van der Waals surface area (Å²) < 4.78 is 18.0. The summed E-state index contributed by atoms with van der Waals surface area (Å²) in [6.07, 6.45) is 0.609. The molecule has 0 bridgehead atoms. The van der Waals surface area contributed by atoms with Gasteiger partial charge in [0.15, 0.2) is 0 Å². The monoisotopic (exact) mass is 371 g/mol. The number of hydrogen-bond acceptors (Lipinski definition) is 3. The maximum Gasteiger partial charge on any atom is 0.325 e. The molecule has 1 N–H and O–H groups in total. The zero-order valence-electron chi connectivity index (χ0n) is 15.2. The van der Waals surface area contributed by atoms with Crippen molar-refractivity contribution in [3.05, 3.63) is 59.9 Å². The molecule has 0 unspecified atom stereocenters. The standard InChI is InChI=1S/C20H22FN3O3/c1-27-18-8-6-17(7-9-18)24-13-12-23(20(24)26)14-19(25)22-11-10-15-2-4-16(21)5-3-15/h2-9H,10-14H2,1H3,(H,22,25). The van der Waals surface area contributed by atoms with Crippen LogP contribution in [0.5, 0.6) is 5.75 Å². The van der Waals surface area contributed by atoms with Gasteiger partial charge in [-0.15, -0.1) is 0 Å². The van der Waals surface area contributed by atoms with Crippen molar-refractivity contribution in [2.24, 2.45) is 0 Å². The Hall–Kier alpha value is -3.09. The highest BCUT2D eigenvalue weighted by Gasteiger charge is 2.30. The van der Waals surface area contributed by atoms with E-state index in [-0.39, 0.29) is 24.3 Å². The highest BCUT2D eigenvalue weighted by Crippen LogP contribution is 2.23. The van der Waals surface area contributed by atoms with Crippen LogP contribution >= 0.6 is 0 Å². The first-order chi connectivity index (χ1) is 13.1. The zero-order chi connectivity index (χ0) is 19.2. The molecular formula is C20H22FN3O3. The number of nitrogens with zero attached hydrogens (tertiary/aromatic N) is 2. The van der Waals surface area contributed by atoms with Crippen molar-refractivity contribution in [2.75, 3.05) is 38.2 Å². The van der Waals surface area contributed by atoms with Gasteiger partial charge in [0.05, 0.1) is 7.11 Å². The lowest BCUT2D eigenvalue weighted by molar-refractivity contribution is -0.121. The number of methoxy groups -OCH3 is 1. The maximum absolute atomic E-state index is 12.9. The normalized spacial score (nSPS) is 13.8. The molecule has 0 atom stereocenters. The summed E-state index contributed by atoms with van der Waals surface area (Å²) in [5.74, 6) is 0.238. The topological polar surface area (TPSA) is 61.9 Å². The summed E-state index contributed by atoms with van der Waals surface area (Å²) in [6.45, 7) is 1.49. The van der Waals surface area contributed by atoms with E-state index in [1.807, 2.05) is 12.1 Å². The van der Waals surface area contributed by atoms with Gasteiger partial charge in [0.25, 0.3) is 0 Å². The molecular weight excluding hydrogens is 349 g/mol. The molecule has 1 aliphatic rings. The Morgan fingerprint density at radius 3 is 2.48 bits per heavy atom. The van der Waals surface area contributed by atoms with Crippen LogP contribution in [0, 0.1) is 5.82 Å². The number of ether oxygens (including phenoxy) is 1. The third-order valence-electron chi connectivity index (χ3n) is 4.46. The van der Waals surface area contributed by atoms with Gasteiger partial charge >= 0.3 is 6.03 Å².